The summed E-state index contributed by atoms with van der Waals surface area (Å²) in [5.41, 5.74) is -1.58. The van der Waals surface area contributed by atoms with Crippen LogP contribution in [0, 0.1) is 29.5 Å². The van der Waals surface area contributed by atoms with E-state index in [0.717, 1.165) is 19.3 Å². The summed E-state index contributed by atoms with van der Waals surface area (Å²) in [6, 6.07) is 3.04. The zero-order valence-electron chi connectivity index (χ0n) is 21.9. The second-order valence-electron chi connectivity index (χ2n) is 12.1. The third-order valence-corrected chi connectivity index (χ3v) is 9.06. The number of carbonyl (C=O) groups is 3. The first kappa shape index (κ1) is 26.2. The van der Waals surface area contributed by atoms with Crippen LogP contribution in [0.2, 0.25) is 5.02 Å². The lowest BCUT2D eigenvalue weighted by molar-refractivity contribution is -0.147. The highest BCUT2D eigenvalue weighted by Crippen LogP contribution is 2.56. The quantitative estimate of drug-likeness (QED) is 0.567. The van der Waals surface area contributed by atoms with Crippen LogP contribution in [0.4, 0.5) is 10.1 Å². The molecule has 5 rings (SSSR count). The van der Waals surface area contributed by atoms with E-state index in [2.05, 4.69) is 24.5 Å². The average molecular weight is 532 g/mol. The van der Waals surface area contributed by atoms with Gasteiger partial charge < -0.3 is 20.3 Å². The van der Waals surface area contributed by atoms with Crippen LogP contribution in [0.3, 0.4) is 0 Å². The Balaban J connectivity index is 1.46. The van der Waals surface area contributed by atoms with Gasteiger partial charge in [-0.3, -0.25) is 14.4 Å². The standard InChI is InChI=1S/C28H35ClFN3O4/c1-14-7-6-8-19(15(14)2)32-25(35)23-28-12-11-20(37-28)21(22(28)26(36)33(23)27(3,4)5)24(34)31-16-9-10-18(30)17(29)13-16/h9-15,19-23H,6-8H2,1-5H3,(H,31,34)(H,32,35)/t14-,15-,19+,20-,21-,22-,23+,28+/m1/s1. The Morgan fingerprint density at radius 2 is 1.92 bits per heavy atom. The van der Waals surface area contributed by atoms with Crippen molar-refractivity contribution in [2.24, 2.45) is 23.7 Å². The van der Waals surface area contributed by atoms with Crippen molar-refractivity contribution in [3.05, 3.63) is 41.2 Å². The molecule has 3 fully saturated rings. The SMILES string of the molecule is C[C@@H]1[C@H](C)CCC[C@@H]1NC(=O)[C@@H]1N(C(C)(C)C)C(=O)[C@H]2[C@H](C(=O)Nc3ccc(F)c(Cl)c3)[C@H]3C=C[C@@]12O3. The minimum Gasteiger partial charge on any atom is -0.359 e. The lowest BCUT2D eigenvalue weighted by atomic mass is 9.73. The molecule has 2 N–H and O–H groups in total. The Morgan fingerprint density at radius 1 is 1.19 bits per heavy atom. The smallest absolute Gasteiger partial charge is 0.246 e. The summed E-state index contributed by atoms with van der Waals surface area (Å²) in [6.07, 6.45) is 6.03. The fraction of sp³-hybridized carbons (Fsp3) is 0.607. The molecule has 2 saturated heterocycles. The Kier molecular flexibility index (Phi) is 6.43. The van der Waals surface area contributed by atoms with Crippen LogP contribution < -0.4 is 10.6 Å². The van der Waals surface area contributed by atoms with E-state index in [-0.39, 0.29) is 22.9 Å². The van der Waals surface area contributed by atoms with E-state index >= 15 is 0 Å². The molecule has 1 aromatic carbocycles. The molecule has 9 heteroatoms. The van der Waals surface area contributed by atoms with E-state index < -0.39 is 46.8 Å². The Morgan fingerprint density at radius 3 is 2.59 bits per heavy atom. The number of fused-ring (bicyclic) bond motifs is 1. The van der Waals surface area contributed by atoms with Gasteiger partial charge in [-0.1, -0.05) is 50.4 Å². The summed E-state index contributed by atoms with van der Waals surface area (Å²) in [7, 11) is 0. The molecule has 4 aliphatic rings. The monoisotopic (exact) mass is 531 g/mol. The van der Waals surface area contributed by atoms with Gasteiger partial charge in [0.05, 0.1) is 23.0 Å². The van der Waals surface area contributed by atoms with Gasteiger partial charge in [0.15, 0.2) is 0 Å². The highest BCUT2D eigenvalue weighted by molar-refractivity contribution is 6.31. The van der Waals surface area contributed by atoms with Crippen molar-refractivity contribution >= 4 is 35.0 Å². The minimum atomic E-state index is -1.23. The fourth-order valence-corrected chi connectivity index (χ4v) is 6.92. The van der Waals surface area contributed by atoms with E-state index in [9.17, 15) is 18.8 Å². The van der Waals surface area contributed by atoms with Gasteiger partial charge in [-0.2, -0.15) is 0 Å². The second kappa shape index (κ2) is 9.09. The summed E-state index contributed by atoms with van der Waals surface area (Å²) in [6.45, 7) is 10.0. The first-order valence-corrected chi connectivity index (χ1v) is 13.5. The summed E-state index contributed by atoms with van der Waals surface area (Å²) in [5, 5.41) is 5.90. The van der Waals surface area contributed by atoms with Crippen molar-refractivity contribution in [3.8, 4) is 0 Å². The summed E-state index contributed by atoms with van der Waals surface area (Å²) in [5.74, 6) is -2.40. The number of amides is 3. The maximum absolute atomic E-state index is 14.0. The molecule has 3 heterocycles. The van der Waals surface area contributed by atoms with E-state index in [1.165, 1.54) is 18.2 Å². The van der Waals surface area contributed by atoms with Gasteiger partial charge in [-0.05, 0) is 57.2 Å². The Hall–Kier alpha value is -2.45. The Bertz CT molecular complexity index is 1170. The number of rotatable bonds is 4. The van der Waals surface area contributed by atoms with E-state index in [0.29, 0.717) is 17.5 Å². The number of hydrogen-bond acceptors (Lipinski definition) is 4. The van der Waals surface area contributed by atoms with Gasteiger partial charge in [0.25, 0.3) is 0 Å². The predicted molar refractivity (Wildman–Crippen MR) is 138 cm³/mol. The third-order valence-electron chi connectivity index (χ3n) is 8.77. The average Bonchev–Trinajstić information content (AvgIpc) is 3.46. The summed E-state index contributed by atoms with van der Waals surface area (Å²) >= 11 is 5.89. The number of ether oxygens (including phenoxy) is 1. The number of nitrogens with zero attached hydrogens (tertiary/aromatic N) is 1. The molecule has 37 heavy (non-hydrogen) atoms. The zero-order chi connectivity index (χ0) is 26.9. The Labute approximate surface area is 222 Å². The van der Waals surface area contributed by atoms with Crippen LogP contribution in [0.25, 0.3) is 0 Å². The zero-order valence-corrected chi connectivity index (χ0v) is 22.6. The predicted octanol–water partition coefficient (Wildman–Crippen LogP) is 4.31. The van der Waals surface area contributed by atoms with Crippen LogP contribution in [-0.2, 0) is 19.1 Å². The number of nitrogens with one attached hydrogen (secondary N) is 2. The number of halogens is 2. The molecule has 8 atom stereocenters. The first-order chi connectivity index (χ1) is 17.3. The molecule has 1 aromatic rings. The van der Waals surface area contributed by atoms with Gasteiger partial charge >= 0.3 is 0 Å². The van der Waals surface area contributed by atoms with Crippen LogP contribution >= 0.6 is 11.6 Å². The molecule has 0 aromatic heterocycles. The molecule has 1 aliphatic carbocycles. The second-order valence-corrected chi connectivity index (χ2v) is 12.5. The van der Waals surface area contributed by atoms with Crippen molar-refractivity contribution in [1.29, 1.82) is 0 Å². The summed E-state index contributed by atoms with van der Waals surface area (Å²) in [4.78, 5) is 43.0. The van der Waals surface area contributed by atoms with Crippen molar-refractivity contribution < 1.29 is 23.5 Å². The van der Waals surface area contributed by atoms with Gasteiger partial charge in [0, 0.05) is 17.3 Å². The molecule has 1 saturated carbocycles. The van der Waals surface area contributed by atoms with Crippen molar-refractivity contribution in [2.45, 2.75) is 83.2 Å². The number of anilines is 1. The molecule has 3 aliphatic heterocycles. The van der Waals surface area contributed by atoms with Crippen molar-refractivity contribution in [3.63, 3.8) is 0 Å². The van der Waals surface area contributed by atoms with Crippen molar-refractivity contribution in [1.82, 2.24) is 10.2 Å². The molecule has 1 spiro atoms. The number of hydrogen-bond donors (Lipinski definition) is 2. The molecular formula is C28H35ClFN3O4. The van der Waals surface area contributed by atoms with E-state index in [4.69, 9.17) is 16.3 Å². The van der Waals surface area contributed by atoms with Crippen LogP contribution in [0.5, 0.6) is 0 Å². The fourth-order valence-electron chi connectivity index (χ4n) is 6.74. The van der Waals surface area contributed by atoms with Crippen LogP contribution in [-0.4, -0.2) is 51.9 Å². The van der Waals surface area contributed by atoms with Crippen LogP contribution in [0.15, 0.2) is 30.4 Å². The first-order valence-electron chi connectivity index (χ1n) is 13.1. The van der Waals surface area contributed by atoms with Crippen molar-refractivity contribution in [2.75, 3.05) is 5.32 Å². The topological polar surface area (TPSA) is 87.7 Å². The highest BCUT2D eigenvalue weighted by atomic mass is 35.5. The van der Waals surface area contributed by atoms with Gasteiger partial charge in [0.1, 0.15) is 17.5 Å². The maximum Gasteiger partial charge on any atom is 0.246 e. The lowest BCUT2D eigenvalue weighted by Gasteiger charge is -2.41. The molecule has 0 radical (unpaired) electrons. The van der Waals surface area contributed by atoms with Gasteiger partial charge in [-0.15, -0.1) is 0 Å². The molecule has 7 nitrogen and oxygen atoms in total. The number of benzene rings is 1. The molecule has 200 valence electrons. The summed E-state index contributed by atoms with van der Waals surface area (Å²) < 4.78 is 20.0. The van der Waals surface area contributed by atoms with Gasteiger partial charge in [-0.25, -0.2) is 4.39 Å². The normalized spacial score (nSPS) is 36.6. The molecule has 2 bridgehead atoms. The molecule has 3 amide bonds. The largest absolute Gasteiger partial charge is 0.359 e. The lowest BCUT2D eigenvalue weighted by Crippen LogP contribution is -2.61. The number of likely N-dealkylation sites (tertiary alicyclic amines) is 1. The highest BCUT2D eigenvalue weighted by Gasteiger charge is 2.74. The van der Waals surface area contributed by atoms with E-state index in [1.54, 1.807) is 11.0 Å². The third kappa shape index (κ3) is 4.16. The number of carbonyl (C=O) groups excluding carboxylic acids is 3. The molecular weight excluding hydrogens is 497 g/mol. The molecule has 0 unspecified atom stereocenters. The minimum absolute atomic E-state index is 0.0218. The van der Waals surface area contributed by atoms with E-state index in [1.807, 2.05) is 26.8 Å². The van der Waals surface area contributed by atoms with Gasteiger partial charge in [0.2, 0.25) is 17.7 Å². The van der Waals surface area contributed by atoms with Crippen LogP contribution in [0.1, 0.15) is 53.9 Å². The maximum atomic E-state index is 14.0.